The molecule has 0 aliphatic heterocycles. The lowest BCUT2D eigenvalue weighted by atomic mass is 10.1. The summed E-state index contributed by atoms with van der Waals surface area (Å²) >= 11 is 0. The van der Waals surface area contributed by atoms with Gasteiger partial charge in [-0.2, -0.15) is 0 Å². The van der Waals surface area contributed by atoms with E-state index in [9.17, 15) is 9.59 Å². The van der Waals surface area contributed by atoms with E-state index >= 15 is 0 Å². The monoisotopic (exact) mass is 291 g/mol. The van der Waals surface area contributed by atoms with Crippen LogP contribution in [0.2, 0.25) is 0 Å². The zero-order valence-electron chi connectivity index (χ0n) is 12.6. The Bertz CT molecular complexity index is 522. The largest absolute Gasteiger partial charge is 0.478 e. The maximum Gasteiger partial charge on any atom is 0.331 e. The van der Waals surface area contributed by atoms with Crippen LogP contribution in [-0.4, -0.2) is 42.1 Å². The summed E-state index contributed by atoms with van der Waals surface area (Å²) in [5, 5.41) is 9.00. The number of carboxylic acid groups (broad SMARTS) is 1. The third-order valence-corrected chi connectivity index (χ3v) is 3.27. The fourth-order valence-corrected chi connectivity index (χ4v) is 1.82. The molecular weight excluding hydrogens is 270 g/mol. The van der Waals surface area contributed by atoms with Gasteiger partial charge in [-0.05, 0) is 19.4 Å². The highest BCUT2D eigenvalue weighted by Gasteiger charge is 2.19. The van der Waals surface area contributed by atoms with Crippen LogP contribution < -0.4 is 0 Å². The van der Waals surface area contributed by atoms with E-state index in [-0.39, 0.29) is 17.1 Å². The van der Waals surface area contributed by atoms with Crippen LogP contribution in [-0.2, 0) is 20.9 Å². The summed E-state index contributed by atoms with van der Waals surface area (Å²) in [6.07, 6.45) is 0. The van der Waals surface area contributed by atoms with Gasteiger partial charge in [0.15, 0.2) is 0 Å². The van der Waals surface area contributed by atoms with Crippen LogP contribution in [0.25, 0.3) is 0 Å². The molecule has 5 nitrogen and oxygen atoms in total. The molecule has 1 N–H and O–H groups in total. The van der Waals surface area contributed by atoms with Gasteiger partial charge in [0.2, 0.25) is 5.91 Å². The van der Waals surface area contributed by atoms with Crippen LogP contribution in [0.4, 0.5) is 0 Å². The van der Waals surface area contributed by atoms with Crippen molar-refractivity contribution in [1.82, 2.24) is 4.90 Å². The molecule has 114 valence electrons. The first-order valence-electron chi connectivity index (χ1n) is 6.70. The average Bonchev–Trinajstić information content (AvgIpc) is 2.50. The quantitative estimate of drug-likeness (QED) is 0.781. The number of hydrogen-bond donors (Lipinski definition) is 1. The third kappa shape index (κ3) is 5.04. The molecule has 0 saturated carbocycles. The molecule has 0 radical (unpaired) electrons. The zero-order chi connectivity index (χ0) is 15.8. The van der Waals surface area contributed by atoms with Crippen LogP contribution in [0.15, 0.2) is 41.5 Å². The molecule has 0 saturated heterocycles. The third-order valence-electron chi connectivity index (χ3n) is 3.27. The van der Waals surface area contributed by atoms with E-state index in [0.717, 1.165) is 5.56 Å². The fourth-order valence-electron chi connectivity index (χ4n) is 1.82. The second kappa shape index (κ2) is 8.21. The van der Waals surface area contributed by atoms with Crippen molar-refractivity contribution < 1.29 is 19.4 Å². The normalized spacial score (nSPS) is 11.8. The van der Waals surface area contributed by atoms with Crippen LogP contribution in [0.1, 0.15) is 19.4 Å². The lowest BCUT2D eigenvalue weighted by molar-refractivity contribution is -0.134. The first-order valence-corrected chi connectivity index (χ1v) is 6.70. The summed E-state index contributed by atoms with van der Waals surface area (Å²) in [7, 11) is 1.57. The predicted octanol–water partition coefficient (Wildman–Crippen LogP) is 2.08. The second-order valence-electron chi connectivity index (χ2n) is 4.76. The molecule has 0 fully saturated rings. The van der Waals surface area contributed by atoms with Crippen LogP contribution in [0, 0.1) is 0 Å². The molecule has 0 atom stereocenters. The van der Waals surface area contributed by atoms with E-state index in [0.29, 0.717) is 19.7 Å². The van der Waals surface area contributed by atoms with E-state index in [1.54, 1.807) is 12.0 Å². The Morgan fingerprint density at radius 2 is 1.76 bits per heavy atom. The maximum absolute atomic E-state index is 12.4. The molecular formula is C16H21NO4. The molecule has 0 bridgehead atoms. The number of carbonyl (C=O) groups is 2. The lowest BCUT2D eigenvalue weighted by Gasteiger charge is -2.23. The molecule has 0 aliphatic carbocycles. The SMILES string of the molecule is COCCN(Cc1ccccc1)C(=O)C(C)=C(C)C(=O)O. The molecule has 1 aromatic rings. The Balaban J connectivity index is 2.94. The molecule has 21 heavy (non-hydrogen) atoms. The fraction of sp³-hybridized carbons (Fsp3) is 0.375. The Morgan fingerprint density at radius 1 is 1.14 bits per heavy atom. The van der Waals surface area contributed by atoms with E-state index in [2.05, 4.69) is 0 Å². The molecule has 1 aromatic carbocycles. The van der Waals surface area contributed by atoms with E-state index in [1.807, 2.05) is 30.3 Å². The van der Waals surface area contributed by atoms with Crippen molar-refractivity contribution in [3.05, 3.63) is 47.0 Å². The number of methoxy groups -OCH3 is 1. The second-order valence-corrected chi connectivity index (χ2v) is 4.76. The molecule has 0 spiro atoms. The summed E-state index contributed by atoms with van der Waals surface area (Å²) in [6.45, 7) is 4.21. The topological polar surface area (TPSA) is 66.8 Å². The minimum absolute atomic E-state index is 0.0653. The van der Waals surface area contributed by atoms with Gasteiger partial charge < -0.3 is 14.7 Å². The molecule has 0 aromatic heterocycles. The highest BCUT2D eigenvalue weighted by molar-refractivity contribution is 6.01. The molecule has 0 aliphatic rings. The van der Waals surface area contributed by atoms with Gasteiger partial charge in [0.05, 0.1) is 6.61 Å². The molecule has 5 heteroatoms. The van der Waals surface area contributed by atoms with Crippen molar-refractivity contribution in [3.8, 4) is 0 Å². The molecule has 1 amide bonds. The minimum atomic E-state index is -1.08. The summed E-state index contributed by atoms with van der Waals surface area (Å²) < 4.78 is 5.02. The van der Waals surface area contributed by atoms with Crippen LogP contribution in [0.3, 0.4) is 0 Å². The van der Waals surface area contributed by atoms with Crippen LogP contribution >= 0.6 is 0 Å². The predicted molar refractivity (Wildman–Crippen MR) is 79.7 cm³/mol. The number of carboxylic acids is 1. The van der Waals surface area contributed by atoms with Crippen molar-refractivity contribution in [2.45, 2.75) is 20.4 Å². The van der Waals surface area contributed by atoms with Gasteiger partial charge in [-0.3, -0.25) is 4.79 Å². The van der Waals surface area contributed by atoms with Gasteiger partial charge in [0.1, 0.15) is 0 Å². The van der Waals surface area contributed by atoms with E-state index < -0.39 is 5.97 Å². The molecule has 0 unspecified atom stereocenters. The molecule has 1 rings (SSSR count). The smallest absolute Gasteiger partial charge is 0.331 e. The highest BCUT2D eigenvalue weighted by atomic mass is 16.5. The number of amides is 1. The number of nitrogens with zero attached hydrogens (tertiary/aromatic N) is 1. The van der Waals surface area contributed by atoms with Gasteiger partial charge in [-0.15, -0.1) is 0 Å². The summed E-state index contributed by atoms with van der Waals surface area (Å²) in [5.41, 5.74) is 1.30. The summed E-state index contributed by atoms with van der Waals surface area (Å²) in [5.74, 6) is -1.36. The Morgan fingerprint density at radius 3 is 2.29 bits per heavy atom. The van der Waals surface area contributed by atoms with Crippen molar-refractivity contribution >= 4 is 11.9 Å². The van der Waals surface area contributed by atoms with Crippen molar-refractivity contribution in [2.24, 2.45) is 0 Å². The number of ether oxygens (including phenoxy) is 1. The van der Waals surface area contributed by atoms with Gasteiger partial charge in [-0.1, -0.05) is 30.3 Å². The lowest BCUT2D eigenvalue weighted by Crippen LogP contribution is -2.34. The Hall–Kier alpha value is -2.14. The Labute approximate surface area is 124 Å². The Kier molecular flexibility index (Phi) is 6.62. The zero-order valence-corrected chi connectivity index (χ0v) is 12.6. The molecule has 0 heterocycles. The minimum Gasteiger partial charge on any atom is -0.478 e. The van der Waals surface area contributed by atoms with Gasteiger partial charge in [-0.25, -0.2) is 4.79 Å². The summed E-state index contributed by atoms with van der Waals surface area (Å²) in [4.78, 5) is 25.0. The van der Waals surface area contributed by atoms with Crippen molar-refractivity contribution in [2.75, 3.05) is 20.3 Å². The number of rotatable bonds is 7. The van der Waals surface area contributed by atoms with E-state index in [1.165, 1.54) is 13.8 Å². The average molecular weight is 291 g/mol. The van der Waals surface area contributed by atoms with Gasteiger partial charge in [0, 0.05) is 31.3 Å². The van der Waals surface area contributed by atoms with Crippen molar-refractivity contribution in [3.63, 3.8) is 0 Å². The van der Waals surface area contributed by atoms with Gasteiger partial charge >= 0.3 is 5.97 Å². The van der Waals surface area contributed by atoms with Crippen LogP contribution in [0.5, 0.6) is 0 Å². The number of hydrogen-bond acceptors (Lipinski definition) is 3. The number of aliphatic carboxylic acids is 1. The maximum atomic E-state index is 12.4. The number of carbonyl (C=O) groups excluding carboxylic acids is 1. The first-order chi connectivity index (χ1) is 9.97. The number of benzene rings is 1. The standard InChI is InChI=1S/C16H21NO4/c1-12(13(2)16(19)20)15(18)17(9-10-21-3)11-14-7-5-4-6-8-14/h4-8H,9-11H2,1-3H3,(H,19,20). The van der Waals surface area contributed by atoms with E-state index in [4.69, 9.17) is 9.84 Å². The highest BCUT2D eigenvalue weighted by Crippen LogP contribution is 2.12. The van der Waals surface area contributed by atoms with Gasteiger partial charge in [0.25, 0.3) is 0 Å². The first kappa shape index (κ1) is 16.9. The van der Waals surface area contributed by atoms with Crippen molar-refractivity contribution in [1.29, 1.82) is 0 Å². The summed E-state index contributed by atoms with van der Waals surface area (Å²) in [6, 6.07) is 9.57.